The number of hydrogen-bond acceptors (Lipinski definition) is 5. The van der Waals surface area contributed by atoms with E-state index < -0.39 is 10.0 Å². The second kappa shape index (κ2) is 5.18. The molecule has 1 aromatic rings. The van der Waals surface area contributed by atoms with Gasteiger partial charge in [-0.15, -0.1) is 0 Å². The number of nitrogens with two attached hydrogens (primary N) is 1. The number of benzene rings is 1. The Hall–Kier alpha value is -1.60. The van der Waals surface area contributed by atoms with Crippen LogP contribution in [0.5, 0.6) is 0 Å². The molecule has 1 fully saturated rings. The lowest BCUT2D eigenvalue weighted by Gasteiger charge is -2.35. The van der Waals surface area contributed by atoms with E-state index >= 15 is 0 Å². The minimum atomic E-state index is -3.12. The molecule has 0 amide bonds. The molecule has 6 nitrogen and oxygen atoms in total. The number of hydrogen-bond donors (Lipinski definition) is 2. The van der Waals surface area contributed by atoms with Crippen LogP contribution in [0.3, 0.4) is 0 Å². The first-order chi connectivity index (χ1) is 8.93. The SMILES string of the molecule is CS(=O)(=O)N1CCN(c2cccc(N)c2C=N)CC1. The molecular formula is C12H18N4O2S. The van der Waals surface area contributed by atoms with Crippen LogP contribution in [0.1, 0.15) is 5.56 Å². The minimum absolute atomic E-state index is 0.463. The highest BCUT2D eigenvalue weighted by Crippen LogP contribution is 2.25. The first-order valence-electron chi connectivity index (χ1n) is 6.02. The molecule has 0 atom stereocenters. The monoisotopic (exact) mass is 282 g/mol. The van der Waals surface area contributed by atoms with Gasteiger partial charge >= 0.3 is 0 Å². The van der Waals surface area contributed by atoms with Gasteiger partial charge < -0.3 is 16.0 Å². The zero-order chi connectivity index (χ0) is 14.0. The van der Waals surface area contributed by atoms with E-state index in [2.05, 4.69) is 4.90 Å². The van der Waals surface area contributed by atoms with E-state index in [0.717, 1.165) is 5.69 Å². The number of rotatable bonds is 3. The summed E-state index contributed by atoms with van der Waals surface area (Å²) in [5, 5.41) is 7.44. The van der Waals surface area contributed by atoms with Crippen LogP contribution in [0.15, 0.2) is 18.2 Å². The molecule has 0 unspecified atom stereocenters. The average molecular weight is 282 g/mol. The summed E-state index contributed by atoms with van der Waals surface area (Å²) in [5.74, 6) is 0. The molecule has 19 heavy (non-hydrogen) atoms. The second-order valence-electron chi connectivity index (χ2n) is 4.57. The van der Waals surface area contributed by atoms with Crippen molar-refractivity contribution in [3.05, 3.63) is 23.8 Å². The fourth-order valence-corrected chi connectivity index (χ4v) is 3.09. The van der Waals surface area contributed by atoms with Crippen LogP contribution in [-0.2, 0) is 10.0 Å². The lowest BCUT2D eigenvalue weighted by molar-refractivity contribution is 0.388. The number of nitrogen functional groups attached to an aromatic ring is 1. The normalized spacial score (nSPS) is 17.4. The Balaban J connectivity index is 2.19. The van der Waals surface area contributed by atoms with Crippen LogP contribution in [0, 0.1) is 5.41 Å². The largest absolute Gasteiger partial charge is 0.398 e. The van der Waals surface area contributed by atoms with Gasteiger partial charge in [-0.25, -0.2) is 8.42 Å². The summed E-state index contributed by atoms with van der Waals surface area (Å²) in [6.45, 7) is 2.14. The standard InChI is InChI=1S/C12H18N4O2S/c1-19(17,18)16-7-5-15(6-8-16)12-4-2-3-11(14)10(12)9-13/h2-4,9,13H,5-8,14H2,1H3. The minimum Gasteiger partial charge on any atom is -0.398 e. The fraction of sp³-hybridized carbons (Fsp3) is 0.417. The third-order valence-electron chi connectivity index (χ3n) is 3.31. The van der Waals surface area contributed by atoms with Crippen LogP contribution in [0.2, 0.25) is 0 Å². The maximum atomic E-state index is 11.5. The maximum Gasteiger partial charge on any atom is 0.211 e. The summed E-state index contributed by atoms with van der Waals surface area (Å²) >= 11 is 0. The van der Waals surface area contributed by atoms with Crippen molar-refractivity contribution in [3.63, 3.8) is 0 Å². The number of nitrogens with zero attached hydrogens (tertiary/aromatic N) is 2. The maximum absolute atomic E-state index is 11.5. The highest BCUT2D eigenvalue weighted by molar-refractivity contribution is 7.88. The average Bonchev–Trinajstić information content (AvgIpc) is 2.37. The highest BCUT2D eigenvalue weighted by atomic mass is 32.2. The lowest BCUT2D eigenvalue weighted by Crippen LogP contribution is -2.48. The Kier molecular flexibility index (Phi) is 3.77. The Labute approximate surface area is 113 Å². The number of anilines is 2. The molecule has 0 bridgehead atoms. The van der Waals surface area contributed by atoms with Crippen LogP contribution < -0.4 is 10.6 Å². The van der Waals surface area contributed by atoms with Gasteiger partial charge in [0.2, 0.25) is 10.0 Å². The second-order valence-corrected chi connectivity index (χ2v) is 6.56. The van der Waals surface area contributed by atoms with Crippen molar-refractivity contribution >= 4 is 27.6 Å². The van der Waals surface area contributed by atoms with Crippen LogP contribution in [-0.4, -0.2) is 51.4 Å². The van der Waals surface area contributed by atoms with E-state index in [1.165, 1.54) is 16.8 Å². The van der Waals surface area contributed by atoms with Crippen molar-refractivity contribution < 1.29 is 8.42 Å². The number of piperazine rings is 1. The molecule has 0 saturated carbocycles. The predicted octanol–water partition coefficient (Wildman–Crippen LogP) is 0.348. The van der Waals surface area contributed by atoms with E-state index in [-0.39, 0.29) is 0 Å². The van der Waals surface area contributed by atoms with Gasteiger partial charge in [0.1, 0.15) is 0 Å². The third kappa shape index (κ3) is 2.87. The molecule has 1 aliphatic rings. The van der Waals surface area contributed by atoms with E-state index in [0.29, 0.717) is 37.4 Å². The van der Waals surface area contributed by atoms with Gasteiger partial charge in [0, 0.05) is 49.3 Å². The molecule has 1 saturated heterocycles. The van der Waals surface area contributed by atoms with Gasteiger partial charge in [-0.1, -0.05) is 6.07 Å². The van der Waals surface area contributed by atoms with E-state index in [1.807, 2.05) is 12.1 Å². The Morgan fingerprint density at radius 1 is 1.26 bits per heavy atom. The Morgan fingerprint density at radius 3 is 2.42 bits per heavy atom. The Bertz CT molecular complexity index is 577. The quantitative estimate of drug-likeness (QED) is 0.618. The zero-order valence-electron chi connectivity index (χ0n) is 10.8. The molecule has 1 heterocycles. The summed E-state index contributed by atoms with van der Waals surface area (Å²) < 4.78 is 24.4. The first-order valence-corrected chi connectivity index (χ1v) is 7.87. The summed E-state index contributed by atoms with van der Waals surface area (Å²) in [5.41, 5.74) is 8.00. The molecule has 0 aliphatic carbocycles. The van der Waals surface area contributed by atoms with Gasteiger partial charge in [-0.3, -0.25) is 0 Å². The van der Waals surface area contributed by atoms with Crippen molar-refractivity contribution in [2.45, 2.75) is 0 Å². The lowest BCUT2D eigenvalue weighted by atomic mass is 10.1. The molecule has 0 aromatic heterocycles. The summed E-state index contributed by atoms with van der Waals surface area (Å²) in [6.07, 6.45) is 2.47. The molecule has 1 aromatic carbocycles. The van der Waals surface area contributed by atoms with Crippen LogP contribution >= 0.6 is 0 Å². The molecule has 7 heteroatoms. The van der Waals surface area contributed by atoms with Crippen LogP contribution in [0.4, 0.5) is 11.4 Å². The van der Waals surface area contributed by atoms with Crippen LogP contribution in [0.25, 0.3) is 0 Å². The predicted molar refractivity (Wildman–Crippen MR) is 77.4 cm³/mol. The van der Waals surface area contributed by atoms with Gasteiger partial charge in [0.05, 0.1) is 6.26 Å². The molecule has 0 radical (unpaired) electrons. The van der Waals surface area contributed by atoms with Gasteiger partial charge in [0.15, 0.2) is 0 Å². The van der Waals surface area contributed by atoms with Gasteiger partial charge in [-0.2, -0.15) is 4.31 Å². The fourth-order valence-electron chi connectivity index (χ4n) is 2.26. The van der Waals surface area contributed by atoms with E-state index in [9.17, 15) is 8.42 Å². The van der Waals surface area contributed by atoms with Crippen molar-refractivity contribution in [1.82, 2.24) is 4.31 Å². The summed E-state index contributed by atoms with van der Waals surface area (Å²) in [6, 6.07) is 5.52. The summed E-state index contributed by atoms with van der Waals surface area (Å²) in [4.78, 5) is 2.07. The van der Waals surface area contributed by atoms with Crippen molar-refractivity contribution in [1.29, 1.82) is 5.41 Å². The third-order valence-corrected chi connectivity index (χ3v) is 4.61. The molecular weight excluding hydrogens is 264 g/mol. The first kappa shape index (κ1) is 13.8. The van der Waals surface area contributed by atoms with Crippen molar-refractivity contribution in [3.8, 4) is 0 Å². The smallest absolute Gasteiger partial charge is 0.211 e. The molecule has 0 spiro atoms. The van der Waals surface area contributed by atoms with Crippen molar-refractivity contribution in [2.75, 3.05) is 43.1 Å². The number of sulfonamides is 1. The molecule has 3 N–H and O–H groups in total. The highest BCUT2D eigenvalue weighted by Gasteiger charge is 2.24. The van der Waals surface area contributed by atoms with Crippen molar-refractivity contribution in [2.24, 2.45) is 0 Å². The number of nitrogens with one attached hydrogen (secondary N) is 1. The zero-order valence-corrected chi connectivity index (χ0v) is 11.7. The summed E-state index contributed by atoms with van der Waals surface area (Å²) in [7, 11) is -3.12. The molecule has 104 valence electrons. The van der Waals surface area contributed by atoms with Gasteiger partial charge in [0.25, 0.3) is 0 Å². The van der Waals surface area contributed by atoms with E-state index in [1.54, 1.807) is 6.07 Å². The molecule has 1 aliphatic heterocycles. The Morgan fingerprint density at radius 2 is 1.89 bits per heavy atom. The topological polar surface area (TPSA) is 90.5 Å². The molecule has 2 rings (SSSR count). The van der Waals surface area contributed by atoms with Gasteiger partial charge in [-0.05, 0) is 12.1 Å². The van der Waals surface area contributed by atoms with E-state index in [4.69, 9.17) is 11.1 Å².